The van der Waals surface area contributed by atoms with Gasteiger partial charge in [-0.2, -0.15) is 0 Å². The molecule has 1 aliphatic heterocycles. The van der Waals surface area contributed by atoms with Gasteiger partial charge < -0.3 is 10.2 Å². The maximum Gasteiger partial charge on any atom is 0.251 e. The molecule has 0 saturated heterocycles. The lowest BCUT2D eigenvalue weighted by atomic mass is 10.1. The summed E-state index contributed by atoms with van der Waals surface area (Å²) < 4.78 is 0. The molecule has 3 rings (SSSR count). The van der Waals surface area contributed by atoms with Gasteiger partial charge in [0, 0.05) is 34.7 Å². The smallest absolute Gasteiger partial charge is 0.251 e. The van der Waals surface area contributed by atoms with Crippen molar-refractivity contribution in [1.29, 1.82) is 0 Å². The number of hydrogen-bond donors (Lipinski definition) is 1. The van der Waals surface area contributed by atoms with Crippen LogP contribution in [0.25, 0.3) is 0 Å². The number of nitrogens with zero attached hydrogens (tertiary/aromatic N) is 1. The first-order valence-corrected chi connectivity index (χ1v) is 9.44. The number of hydrogen-bond acceptors (Lipinski definition) is 3. The molecule has 1 aliphatic carbocycles. The molecule has 0 bridgehead atoms. The topological polar surface area (TPSA) is 49.4 Å². The lowest BCUT2D eigenvalue weighted by Gasteiger charge is -2.30. The van der Waals surface area contributed by atoms with E-state index in [-0.39, 0.29) is 17.7 Å². The number of thioether (sulfide) groups is 1. The Labute approximate surface area is 142 Å². The van der Waals surface area contributed by atoms with Crippen LogP contribution in [0, 0.1) is 5.92 Å². The first-order valence-electron chi connectivity index (χ1n) is 8.45. The minimum Gasteiger partial charge on any atom is -0.349 e. The Hall–Kier alpha value is -1.49. The molecule has 1 heterocycles. The van der Waals surface area contributed by atoms with Crippen LogP contribution < -0.4 is 10.2 Å². The van der Waals surface area contributed by atoms with Crippen molar-refractivity contribution in [1.82, 2.24) is 5.32 Å². The summed E-state index contributed by atoms with van der Waals surface area (Å²) in [7, 11) is 0. The molecular formula is C18H24N2O2S. The van der Waals surface area contributed by atoms with Crippen LogP contribution in [0.4, 0.5) is 5.69 Å². The molecule has 1 saturated carbocycles. The van der Waals surface area contributed by atoms with Crippen molar-refractivity contribution in [3.63, 3.8) is 0 Å². The second-order valence-electron chi connectivity index (χ2n) is 6.63. The molecule has 1 fully saturated rings. The zero-order valence-electron chi connectivity index (χ0n) is 13.8. The number of rotatable bonds is 3. The molecule has 0 atom stereocenters. The Morgan fingerprint density at radius 1 is 1.26 bits per heavy atom. The first kappa shape index (κ1) is 16.4. The highest BCUT2D eigenvalue weighted by molar-refractivity contribution is 7.99. The van der Waals surface area contributed by atoms with Crippen LogP contribution in [0.1, 0.15) is 49.9 Å². The van der Waals surface area contributed by atoms with Gasteiger partial charge in [-0.15, -0.1) is 11.8 Å². The average Bonchev–Trinajstić information content (AvgIpc) is 3.05. The Bertz CT molecular complexity index is 609. The van der Waals surface area contributed by atoms with E-state index in [9.17, 15) is 9.59 Å². The third-order valence-electron chi connectivity index (χ3n) is 4.53. The quantitative estimate of drug-likeness (QED) is 0.922. The Morgan fingerprint density at radius 2 is 2.00 bits per heavy atom. The van der Waals surface area contributed by atoms with Gasteiger partial charge in [-0.3, -0.25) is 9.59 Å². The number of carbonyl (C=O) groups is 2. The van der Waals surface area contributed by atoms with Crippen molar-refractivity contribution in [3.05, 3.63) is 23.8 Å². The second kappa shape index (κ2) is 6.95. The lowest BCUT2D eigenvalue weighted by molar-refractivity contribution is -0.121. The number of anilines is 1. The van der Waals surface area contributed by atoms with E-state index in [1.807, 2.05) is 36.9 Å². The van der Waals surface area contributed by atoms with Gasteiger partial charge in [0.15, 0.2) is 0 Å². The number of nitrogens with one attached hydrogen (secondary N) is 1. The fourth-order valence-electron chi connectivity index (χ4n) is 3.24. The third kappa shape index (κ3) is 3.55. The summed E-state index contributed by atoms with van der Waals surface area (Å²) in [4.78, 5) is 27.8. The van der Waals surface area contributed by atoms with Crippen LogP contribution in [-0.2, 0) is 4.79 Å². The fraction of sp³-hybridized carbons (Fsp3) is 0.556. The predicted octanol–water partition coefficient (Wildman–Crippen LogP) is 3.45. The molecule has 0 unspecified atom stereocenters. The highest BCUT2D eigenvalue weighted by Crippen LogP contribution is 2.36. The number of amides is 2. The van der Waals surface area contributed by atoms with Crippen LogP contribution >= 0.6 is 11.8 Å². The van der Waals surface area contributed by atoms with Crippen molar-refractivity contribution < 1.29 is 9.59 Å². The minimum absolute atomic E-state index is 0.0211. The minimum atomic E-state index is -0.0399. The van der Waals surface area contributed by atoms with Crippen molar-refractivity contribution >= 4 is 29.3 Å². The molecule has 0 radical (unpaired) electrons. The average molecular weight is 332 g/mol. The standard InChI is InChI=1S/C18H24N2O2S/c1-12(2)18(22)20-9-10-23-16-8-7-13(11-15(16)20)17(21)19-14-5-3-4-6-14/h7-8,11-12,14H,3-6,9-10H2,1-2H3,(H,19,21). The van der Waals surface area contributed by atoms with Gasteiger partial charge in [-0.05, 0) is 31.0 Å². The van der Waals surface area contributed by atoms with E-state index in [1.165, 1.54) is 12.8 Å². The summed E-state index contributed by atoms with van der Waals surface area (Å²) in [5.74, 6) is 0.966. The SMILES string of the molecule is CC(C)C(=O)N1CCSc2ccc(C(=O)NC3CCCC3)cc21. The zero-order valence-corrected chi connectivity index (χ0v) is 14.6. The van der Waals surface area contributed by atoms with E-state index >= 15 is 0 Å². The van der Waals surface area contributed by atoms with Gasteiger partial charge in [0.2, 0.25) is 5.91 Å². The maximum atomic E-state index is 12.5. The lowest BCUT2D eigenvalue weighted by Crippen LogP contribution is -2.38. The van der Waals surface area contributed by atoms with Gasteiger partial charge in [0.1, 0.15) is 0 Å². The first-order chi connectivity index (χ1) is 11.1. The fourth-order valence-corrected chi connectivity index (χ4v) is 4.21. The Kier molecular flexibility index (Phi) is 4.95. The van der Waals surface area contributed by atoms with E-state index in [1.54, 1.807) is 11.8 Å². The van der Waals surface area contributed by atoms with Crippen molar-refractivity contribution in [2.24, 2.45) is 5.92 Å². The van der Waals surface area contributed by atoms with Crippen LogP contribution in [-0.4, -0.2) is 30.2 Å². The third-order valence-corrected chi connectivity index (χ3v) is 5.58. The van der Waals surface area contributed by atoms with Crippen LogP contribution in [0.3, 0.4) is 0 Å². The summed E-state index contributed by atoms with van der Waals surface area (Å²) in [5, 5.41) is 3.12. The van der Waals surface area contributed by atoms with E-state index in [4.69, 9.17) is 0 Å². The summed E-state index contributed by atoms with van der Waals surface area (Å²) in [5.41, 5.74) is 1.54. The zero-order chi connectivity index (χ0) is 16.4. The monoisotopic (exact) mass is 332 g/mol. The summed E-state index contributed by atoms with van der Waals surface area (Å²) in [6.45, 7) is 4.54. The second-order valence-corrected chi connectivity index (χ2v) is 7.77. The number of carbonyl (C=O) groups excluding carboxylic acids is 2. The molecule has 4 nitrogen and oxygen atoms in total. The Balaban J connectivity index is 1.82. The number of fused-ring (bicyclic) bond motifs is 1. The molecular weight excluding hydrogens is 308 g/mol. The molecule has 2 amide bonds. The molecule has 124 valence electrons. The summed E-state index contributed by atoms with van der Waals surface area (Å²) in [6, 6.07) is 6.04. The van der Waals surface area contributed by atoms with Gasteiger partial charge in [0.05, 0.1) is 5.69 Å². The molecule has 0 aromatic heterocycles. The molecule has 23 heavy (non-hydrogen) atoms. The largest absolute Gasteiger partial charge is 0.349 e. The van der Waals surface area contributed by atoms with Crippen molar-refractivity contribution in [3.8, 4) is 0 Å². The maximum absolute atomic E-state index is 12.5. The van der Waals surface area contributed by atoms with Crippen LogP contribution in [0.5, 0.6) is 0 Å². The highest BCUT2D eigenvalue weighted by atomic mass is 32.2. The van der Waals surface area contributed by atoms with Gasteiger partial charge in [-0.25, -0.2) is 0 Å². The normalized spacial score (nSPS) is 18.1. The molecule has 0 spiro atoms. The van der Waals surface area contributed by atoms with Gasteiger partial charge in [0.25, 0.3) is 5.91 Å². The van der Waals surface area contributed by atoms with Crippen LogP contribution in [0.15, 0.2) is 23.1 Å². The van der Waals surface area contributed by atoms with E-state index < -0.39 is 0 Å². The Morgan fingerprint density at radius 3 is 2.70 bits per heavy atom. The molecule has 1 aromatic carbocycles. The van der Waals surface area contributed by atoms with Gasteiger partial charge in [-0.1, -0.05) is 26.7 Å². The van der Waals surface area contributed by atoms with Crippen molar-refractivity contribution in [2.45, 2.75) is 50.5 Å². The highest BCUT2D eigenvalue weighted by Gasteiger charge is 2.26. The summed E-state index contributed by atoms with van der Waals surface area (Å²) in [6.07, 6.45) is 4.54. The van der Waals surface area contributed by atoms with E-state index in [0.717, 1.165) is 29.2 Å². The number of benzene rings is 1. The van der Waals surface area contributed by atoms with E-state index in [0.29, 0.717) is 18.2 Å². The van der Waals surface area contributed by atoms with Gasteiger partial charge >= 0.3 is 0 Å². The molecule has 1 N–H and O–H groups in total. The van der Waals surface area contributed by atoms with Crippen LogP contribution in [0.2, 0.25) is 0 Å². The predicted molar refractivity (Wildman–Crippen MR) is 94.1 cm³/mol. The molecule has 1 aromatic rings. The molecule has 2 aliphatic rings. The summed E-state index contributed by atoms with van der Waals surface area (Å²) >= 11 is 1.75. The molecule has 5 heteroatoms. The van der Waals surface area contributed by atoms with E-state index in [2.05, 4.69) is 5.32 Å². The van der Waals surface area contributed by atoms with Crippen molar-refractivity contribution in [2.75, 3.05) is 17.2 Å².